The molecule has 1 unspecified atom stereocenters. The first kappa shape index (κ1) is 17.1. The van der Waals surface area contributed by atoms with Crippen LogP contribution in [0.2, 0.25) is 0 Å². The lowest BCUT2D eigenvalue weighted by Crippen LogP contribution is -2.34. The number of aryl methyl sites for hydroxylation is 1. The number of aromatic nitrogens is 4. The minimum absolute atomic E-state index is 0.448. The first-order valence-corrected chi connectivity index (χ1v) is 9.19. The normalized spacial score (nSPS) is 18.5. The molecule has 0 amide bonds. The molecule has 2 aromatic heterocycles. The molecule has 6 heteroatoms. The van der Waals surface area contributed by atoms with E-state index in [0.29, 0.717) is 12.5 Å². The van der Waals surface area contributed by atoms with E-state index in [1.54, 1.807) is 7.11 Å². The summed E-state index contributed by atoms with van der Waals surface area (Å²) in [5.74, 6) is 2.29. The van der Waals surface area contributed by atoms with Gasteiger partial charge in [-0.1, -0.05) is 12.1 Å². The van der Waals surface area contributed by atoms with Gasteiger partial charge in [0.1, 0.15) is 12.4 Å². The molecule has 4 rings (SSSR count). The van der Waals surface area contributed by atoms with Crippen LogP contribution in [0, 0.1) is 6.92 Å². The van der Waals surface area contributed by atoms with Gasteiger partial charge >= 0.3 is 0 Å². The van der Waals surface area contributed by atoms with Crippen LogP contribution in [-0.4, -0.2) is 45.0 Å². The second-order valence-electron chi connectivity index (χ2n) is 7.11. The summed E-state index contributed by atoms with van der Waals surface area (Å²) in [7, 11) is 1.66. The molecule has 0 bridgehead atoms. The summed E-state index contributed by atoms with van der Waals surface area (Å²) in [6, 6.07) is 6.31. The molecule has 0 spiro atoms. The van der Waals surface area contributed by atoms with Crippen LogP contribution in [0.1, 0.15) is 41.5 Å². The highest BCUT2D eigenvalue weighted by molar-refractivity contribution is 5.78. The van der Waals surface area contributed by atoms with Gasteiger partial charge in [0, 0.05) is 44.1 Å². The molecule has 3 aromatic rings. The zero-order valence-electron chi connectivity index (χ0n) is 15.4. The number of para-hydroxylation sites is 1. The highest BCUT2D eigenvalue weighted by atomic mass is 16.5. The molecular formula is C20H25N5O. The number of methoxy groups -OCH3 is 1. The van der Waals surface area contributed by atoms with Crippen LogP contribution in [0.15, 0.2) is 30.6 Å². The minimum atomic E-state index is 0.448. The molecule has 0 saturated carbocycles. The number of nitrogens with zero attached hydrogens (tertiary/aromatic N) is 4. The van der Waals surface area contributed by atoms with Crippen molar-refractivity contribution in [3.63, 3.8) is 0 Å². The Morgan fingerprint density at radius 1 is 1.27 bits per heavy atom. The Bertz CT molecular complexity index is 874. The molecule has 1 fully saturated rings. The number of aromatic amines is 1. The quantitative estimate of drug-likeness (QED) is 0.765. The molecule has 6 nitrogen and oxygen atoms in total. The molecule has 26 heavy (non-hydrogen) atoms. The minimum Gasteiger partial charge on any atom is -0.377 e. The van der Waals surface area contributed by atoms with Crippen molar-refractivity contribution in [1.82, 2.24) is 24.8 Å². The molecule has 1 saturated heterocycles. The zero-order chi connectivity index (χ0) is 17.9. The SMILES string of the molecule is COCc1ncc(CN2CCCC(c3nc4c(C)cccc4[nH]3)C2)cn1. The molecule has 3 heterocycles. The molecule has 0 radical (unpaired) electrons. The van der Waals surface area contributed by atoms with Crippen molar-refractivity contribution in [1.29, 1.82) is 0 Å². The maximum absolute atomic E-state index is 5.07. The number of benzene rings is 1. The van der Waals surface area contributed by atoms with Crippen molar-refractivity contribution in [2.45, 2.75) is 38.8 Å². The van der Waals surface area contributed by atoms with E-state index in [-0.39, 0.29) is 0 Å². The number of H-pyrrole nitrogens is 1. The molecular weight excluding hydrogens is 326 g/mol. The van der Waals surface area contributed by atoms with Crippen molar-refractivity contribution in [2.24, 2.45) is 0 Å². The van der Waals surface area contributed by atoms with Gasteiger partial charge in [0.15, 0.2) is 5.82 Å². The van der Waals surface area contributed by atoms with Crippen LogP contribution in [0.25, 0.3) is 11.0 Å². The van der Waals surface area contributed by atoms with E-state index in [1.807, 2.05) is 12.4 Å². The van der Waals surface area contributed by atoms with Crippen LogP contribution < -0.4 is 0 Å². The van der Waals surface area contributed by atoms with Gasteiger partial charge in [-0.05, 0) is 37.9 Å². The third-order valence-corrected chi connectivity index (χ3v) is 5.06. The molecule has 1 aliphatic rings. The van der Waals surface area contributed by atoms with Crippen LogP contribution in [0.5, 0.6) is 0 Å². The summed E-state index contributed by atoms with van der Waals surface area (Å²) in [4.78, 5) is 19.6. The first-order chi connectivity index (χ1) is 12.7. The van der Waals surface area contributed by atoms with Gasteiger partial charge < -0.3 is 9.72 Å². The van der Waals surface area contributed by atoms with Gasteiger partial charge in [-0.3, -0.25) is 4.90 Å². The van der Waals surface area contributed by atoms with Crippen LogP contribution >= 0.6 is 0 Å². The Kier molecular flexibility index (Phi) is 4.95. The second-order valence-corrected chi connectivity index (χ2v) is 7.11. The van der Waals surface area contributed by atoms with Gasteiger partial charge in [0.25, 0.3) is 0 Å². The Morgan fingerprint density at radius 2 is 2.12 bits per heavy atom. The lowest BCUT2D eigenvalue weighted by atomic mass is 9.97. The summed E-state index contributed by atoms with van der Waals surface area (Å²) in [6.45, 7) is 5.57. The number of hydrogen-bond donors (Lipinski definition) is 1. The zero-order valence-corrected chi connectivity index (χ0v) is 15.4. The smallest absolute Gasteiger partial charge is 0.153 e. The number of fused-ring (bicyclic) bond motifs is 1. The number of ether oxygens (including phenoxy) is 1. The number of likely N-dealkylation sites (tertiary alicyclic amines) is 1. The molecule has 136 valence electrons. The first-order valence-electron chi connectivity index (χ1n) is 9.19. The summed E-state index contributed by atoms with van der Waals surface area (Å²) in [6.07, 6.45) is 6.19. The Labute approximate surface area is 153 Å². The Morgan fingerprint density at radius 3 is 2.88 bits per heavy atom. The Balaban J connectivity index is 1.45. The summed E-state index contributed by atoms with van der Waals surface area (Å²) in [5.41, 5.74) is 4.61. The molecule has 0 aliphatic carbocycles. The highest BCUT2D eigenvalue weighted by Crippen LogP contribution is 2.28. The predicted octanol–water partition coefficient (Wildman–Crippen LogP) is 3.19. The van der Waals surface area contributed by atoms with E-state index in [4.69, 9.17) is 9.72 Å². The van der Waals surface area contributed by atoms with Crippen LogP contribution in [-0.2, 0) is 17.9 Å². The lowest BCUT2D eigenvalue weighted by molar-refractivity contribution is 0.177. The third kappa shape index (κ3) is 3.61. The van der Waals surface area contributed by atoms with Crippen molar-refractivity contribution in [3.8, 4) is 0 Å². The van der Waals surface area contributed by atoms with Gasteiger partial charge in [-0.15, -0.1) is 0 Å². The van der Waals surface area contributed by atoms with Gasteiger partial charge in [-0.2, -0.15) is 0 Å². The standard InChI is InChI=1S/C20H25N5O/c1-14-5-3-7-17-19(14)24-20(23-17)16-6-4-8-25(12-16)11-15-9-21-18(13-26-2)22-10-15/h3,5,7,9-10,16H,4,6,8,11-13H2,1-2H3,(H,23,24). The third-order valence-electron chi connectivity index (χ3n) is 5.06. The van der Waals surface area contributed by atoms with Gasteiger partial charge in [0.05, 0.1) is 11.0 Å². The maximum atomic E-state index is 5.07. The largest absolute Gasteiger partial charge is 0.377 e. The fraction of sp³-hybridized carbons (Fsp3) is 0.450. The van der Waals surface area contributed by atoms with E-state index < -0.39 is 0 Å². The number of nitrogens with one attached hydrogen (secondary N) is 1. The molecule has 1 aliphatic heterocycles. The van der Waals surface area contributed by atoms with E-state index in [9.17, 15) is 0 Å². The van der Waals surface area contributed by atoms with E-state index in [1.165, 1.54) is 18.4 Å². The van der Waals surface area contributed by atoms with Crippen molar-refractivity contribution in [3.05, 3.63) is 53.4 Å². The fourth-order valence-corrected chi connectivity index (χ4v) is 3.74. The average Bonchev–Trinajstić information content (AvgIpc) is 3.10. The van der Waals surface area contributed by atoms with Crippen LogP contribution in [0.3, 0.4) is 0 Å². The number of rotatable bonds is 5. The molecule has 1 aromatic carbocycles. The number of hydrogen-bond acceptors (Lipinski definition) is 5. The van der Waals surface area contributed by atoms with E-state index >= 15 is 0 Å². The van der Waals surface area contributed by atoms with Crippen molar-refractivity contribution < 1.29 is 4.74 Å². The Hall–Kier alpha value is -2.31. The molecule has 1 atom stereocenters. The lowest BCUT2D eigenvalue weighted by Gasteiger charge is -2.31. The average molecular weight is 351 g/mol. The number of piperidine rings is 1. The van der Waals surface area contributed by atoms with Crippen LogP contribution in [0.4, 0.5) is 0 Å². The predicted molar refractivity (Wildman–Crippen MR) is 101 cm³/mol. The van der Waals surface area contributed by atoms with Crippen molar-refractivity contribution >= 4 is 11.0 Å². The fourth-order valence-electron chi connectivity index (χ4n) is 3.74. The van der Waals surface area contributed by atoms with Gasteiger partial charge in [-0.25, -0.2) is 15.0 Å². The summed E-state index contributed by atoms with van der Waals surface area (Å²) in [5, 5.41) is 0. The summed E-state index contributed by atoms with van der Waals surface area (Å²) >= 11 is 0. The van der Waals surface area contributed by atoms with Gasteiger partial charge in [0.2, 0.25) is 0 Å². The summed E-state index contributed by atoms with van der Waals surface area (Å²) < 4.78 is 5.07. The number of imidazole rings is 1. The molecule has 1 N–H and O–H groups in total. The van der Waals surface area contributed by atoms with E-state index in [0.717, 1.165) is 47.9 Å². The maximum Gasteiger partial charge on any atom is 0.153 e. The van der Waals surface area contributed by atoms with Crippen molar-refractivity contribution in [2.75, 3.05) is 20.2 Å². The topological polar surface area (TPSA) is 66.9 Å². The van der Waals surface area contributed by atoms with E-state index in [2.05, 4.69) is 45.0 Å². The highest BCUT2D eigenvalue weighted by Gasteiger charge is 2.24. The second kappa shape index (κ2) is 7.51. The monoisotopic (exact) mass is 351 g/mol.